The maximum absolute atomic E-state index is 11.0. The fourth-order valence-electron chi connectivity index (χ4n) is 1.09. The summed E-state index contributed by atoms with van der Waals surface area (Å²) in [5.41, 5.74) is 0. The summed E-state index contributed by atoms with van der Waals surface area (Å²) in [6.07, 6.45) is 11.1. The van der Waals surface area contributed by atoms with Crippen molar-refractivity contribution < 1.29 is 14.3 Å². The zero-order valence-electron chi connectivity index (χ0n) is 10.3. The van der Waals surface area contributed by atoms with E-state index in [4.69, 9.17) is 9.47 Å². The normalized spacial score (nSPS) is 11.1. The van der Waals surface area contributed by atoms with E-state index in [2.05, 4.69) is 0 Å². The van der Waals surface area contributed by atoms with Gasteiger partial charge in [-0.3, -0.25) is 0 Å². The number of hydrogen-bond acceptors (Lipinski definition) is 3. The molecule has 0 spiro atoms. The maximum atomic E-state index is 11.0. The molecule has 0 unspecified atom stereocenters. The van der Waals surface area contributed by atoms with Crippen molar-refractivity contribution in [2.45, 2.75) is 39.5 Å². The van der Waals surface area contributed by atoms with Gasteiger partial charge >= 0.3 is 6.16 Å². The van der Waals surface area contributed by atoms with Crippen LogP contribution in [0.15, 0.2) is 24.3 Å². The van der Waals surface area contributed by atoms with Crippen LogP contribution in [0.3, 0.4) is 0 Å². The number of ether oxygens (including phenoxy) is 2. The Morgan fingerprint density at radius 3 is 1.75 bits per heavy atom. The summed E-state index contributed by atoms with van der Waals surface area (Å²) in [7, 11) is 0. The summed E-state index contributed by atoms with van der Waals surface area (Å²) in [6.45, 7) is 4.80. The fourth-order valence-corrected chi connectivity index (χ4v) is 1.09. The number of allylic oxidation sites excluding steroid dienone is 4. The average molecular weight is 226 g/mol. The van der Waals surface area contributed by atoms with Gasteiger partial charge in [0.25, 0.3) is 0 Å². The molecule has 92 valence electrons. The van der Waals surface area contributed by atoms with E-state index in [1.165, 1.54) is 0 Å². The summed E-state index contributed by atoms with van der Waals surface area (Å²) >= 11 is 0. The molecule has 0 atom stereocenters. The molecule has 0 aromatic heterocycles. The Labute approximate surface area is 98.1 Å². The Bertz CT molecular complexity index is 197. The molecule has 0 fully saturated rings. The van der Waals surface area contributed by atoms with E-state index in [1.807, 2.05) is 38.2 Å². The molecule has 0 amide bonds. The van der Waals surface area contributed by atoms with Gasteiger partial charge in [0.1, 0.15) is 0 Å². The maximum Gasteiger partial charge on any atom is 0.508 e. The van der Waals surface area contributed by atoms with Gasteiger partial charge in [0.05, 0.1) is 13.2 Å². The quantitative estimate of drug-likeness (QED) is 0.358. The van der Waals surface area contributed by atoms with Crippen LogP contribution in [-0.4, -0.2) is 19.4 Å². The van der Waals surface area contributed by atoms with Crippen LogP contribution < -0.4 is 0 Å². The van der Waals surface area contributed by atoms with E-state index in [1.54, 1.807) is 0 Å². The van der Waals surface area contributed by atoms with Crippen LogP contribution in [0.4, 0.5) is 4.79 Å². The van der Waals surface area contributed by atoms with Crippen LogP contribution in [0.2, 0.25) is 0 Å². The van der Waals surface area contributed by atoms with E-state index >= 15 is 0 Å². The molecule has 0 bridgehead atoms. The van der Waals surface area contributed by atoms with Crippen LogP contribution in [0.1, 0.15) is 39.5 Å². The van der Waals surface area contributed by atoms with Crippen LogP contribution in [0.5, 0.6) is 0 Å². The van der Waals surface area contributed by atoms with Gasteiger partial charge in [0.15, 0.2) is 0 Å². The largest absolute Gasteiger partial charge is 0.508 e. The Kier molecular flexibility index (Phi) is 10.9. The Morgan fingerprint density at radius 2 is 1.38 bits per heavy atom. The fraction of sp³-hybridized carbons (Fsp3) is 0.615. The lowest BCUT2D eigenvalue weighted by atomic mass is 10.3. The van der Waals surface area contributed by atoms with E-state index < -0.39 is 6.16 Å². The first-order valence-electron chi connectivity index (χ1n) is 5.83. The standard InChI is InChI=1S/C13H22O3/c1-3-5-7-9-11-15-13(14)16-12-10-8-6-4-2/h3-6H,7-12H2,1-2H3. The number of hydrogen-bond donors (Lipinski definition) is 0. The van der Waals surface area contributed by atoms with E-state index in [-0.39, 0.29) is 0 Å². The van der Waals surface area contributed by atoms with Crippen molar-refractivity contribution >= 4 is 6.16 Å². The molecule has 0 N–H and O–H groups in total. The molecule has 0 heterocycles. The second-order valence-corrected chi connectivity index (χ2v) is 3.37. The van der Waals surface area contributed by atoms with Crippen molar-refractivity contribution in [1.29, 1.82) is 0 Å². The van der Waals surface area contributed by atoms with Gasteiger partial charge in [0, 0.05) is 0 Å². The Hall–Kier alpha value is -1.25. The predicted octanol–water partition coefficient (Wildman–Crippen LogP) is 3.85. The lowest BCUT2D eigenvalue weighted by molar-refractivity contribution is 0.0541. The summed E-state index contributed by atoms with van der Waals surface area (Å²) in [6, 6.07) is 0. The molecule has 16 heavy (non-hydrogen) atoms. The van der Waals surface area contributed by atoms with Gasteiger partial charge < -0.3 is 9.47 Å². The molecule has 3 heteroatoms. The monoisotopic (exact) mass is 226 g/mol. The third kappa shape index (κ3) is 10.8. The first-order chi connectivity index (χ1) is 7.81. The first kappa shape index (κ1) is 14.8. The van der Waals surface area contributed by atoms with Gasteiger partial charge in [-0.05, 0) is 39.5 Å². The molecule has 0 saturated carbocycles. The lowest BCUT2D eigenvalue weighted by Crippen LogP contribution is -2.09. The van der Waals surface area contributed by atoms with Crippen LogP contribution in [0.25, 0.3) is 0 Å². The van der Waals surface area contributed by atoms with E-state index in [0.29, 0.717) is 13.2 Å². The van der Waals surface area contributed by atoms with Gasteiger partial charge in [0.2, 0.25) is 0 Å². The molecular formula is C13H22O3. The molecule has 0 rings (SSSR count). The van der Waals surface area contributed by atoms with Crippen molar-refractivity contribution in [2.75, 3.05) is 13.2 Å². The molecule has 0 aliphatic carbocycles. The SMILES string of the molecule is CC=CCCCOC(=O)OCCCC=CC. The van der Waals surface area contributed by atoms with Gasteiger partial charge in [-0.25, -0.2) is 4.79 Å². The highest BCUT2D eigenvalue weighted by Crippen LogP contribution is 1.96. The van der Waals surface area contributed by atoms with Crippen molar-refractivity contribution in [3.63, 3.8) is 0 Å². The topological polar surface area (TPSA) is 35.5 Å². The molecule has 0 saturated heterocycles. The third-order valence-corrected chi connectivity index (χ3v) is 1.94. The summed E-state index contributed by atoms with van der Waals surface area (Å²) in [5, 5.41) is 0. The highest BCUT2D eigenvalue weighted by atomic mass is 16.7. The minimum Gasteiger partial charge on any atom is -0.434 e. The predicted molar refractivity (Wildman–Crippen MR) is 65.4 cm³/mol. The highest BCUT2D eigenvalue weighted by Gasteiger charge is 2.01. The lowest BCUT2D eigenvalue weighted by Gasteiger charge is -2.04. The summed E-state index contributed by atoms with van der Waals surface area (Å²) < 4.78 is 9.76. The van der Waals surface area contributed by atoms with Crippen molar-refractivity contribution in [3.8, 4) is 0 Å². The molecule has 3 nitrogen and oxygen atoms in total. The molecule has 0 aromatic rings. The zero-order chi connectivity index (χ0) is 12.1. The number of unbranched alkanes of at least 4 members (excludes halogenated alkanes) is 2. The van der Waals surface area contributed by atoms with Gasteiger partial charge in [-0.2, -0.15) is 0 Å². The highest BCUT2D eigenvalue weighted by molar-refractivity contribution is 5.59. The van der Waals surface area contributed by atoms with E-state index in [0.717, 1.165) is 25.7 Å². The minimum atomic E-state index is -0.555. The van der Waals surface area contributed by atoms with Crippen molar-refractivity contribution in [1.82, 2.24) is 0 Å². The molecule has 0 aromatic carbocycles. The summed E-state index contributed by atoms with van der Waals surface area (Å²) in [5.74, 6) is 0. The minimum absolute atomic E-state index is 0.429. The average Bonchev–Trinajstić information content (AvgIpc) is 2.28. The molecular weight excluding hydrogens is 204 g/mol. The van der Waals surface area contributed by atoms with Gasteiger partial charge in [-0.1, -0.05) is 24.3 Å². The Morgan fingerprint density at radius 1 is 0.938 bits per heavy atom. The zero-order valence-corrected chi connectivity index (χ0v) is 10.3. The molecule has 0 radical (unpaired) electrons. The van der Waals surface area contributed by atoms with Crippen molar-refractivity contribution in [2.24, 2.45) is 0 Å². The van der Waals surface area contributed by atoms with E-state index in [9.17, 15) is 4.79 Å². The number of carbonyl (C=O) groups excluding carboxylic acids is 1. The first-order valence-corrected chi connectivity index (χ1v) is 5.83. The Balaban J connectivity index is 3.24. The van der Waals surface area contributed by atoms with Crippen LogP contribution in [0, 0.1) is 0 Å². The molecule has 0 aliphatic rings. The summed E-state index contributed by atoms with van der Waals surface area (Å²) in [4.78, 5) is 11.0. The van der Waals surface area contributed by atoms with Gasteiger partial charge in [-0.15, -0.1) is 0 Å². The molecule has 0 aliphatic heterocycles. The van der Waals surface area contributed by atoms with Crippen LogP contribution in [-0.2, 0) is 9.47 Å². The third-order valence-electron chi connectivity index (χ3n) is 1.94. The van der Waals surface area contributed by atoms with Crippen molar-refractivity contribution in [3.05, 3.63) is 24.3 Å². The number of rotatable bonds is 8. The smallest absolute Gasteiger partial charge is 0.434 e. The second kappa shape index (κ2) is 11.8. The number of carbonyl (C=O) groups is 1. The van der Waals surface area contributed by atoms with Crippen LogP contribution >= 0.6 is 0 Å². The second-order valence-electron chi connectivity index (χ2n) is 3.37.